The second kappa shape index (κ2) is 8.36. The fourth-order valence-corrected chi connectivity index (χ4v) is 4.71. The third-order valence-electron chi connectivity index (χ3n) is 6.16. The van der Waals surface area contributed by atoms with E-state index in [4.69, 9.17) is 9.47 Å². The molecule has 0 bridgehead atoms. The van der Waals surface area contributed by atoms with Gasteiger partial charge in [0.25, 0.3) is 0 Å². The zero-order chi connectivity index (χ0) is 19.5. The third kappa shape index (κ3) is 4.00. The molecule has 29 heavy (non-hydrogen) atoms. The van der Waals surface area contributed by atoms with Crippen molar-refractivity contribution in [1.29, 1.82) is 0 Å². The molecule has 7 nitrogen and oxygen atoms in total. The minimum Gasteiger partial charge on any atom is -0.342 e. The van der Waals surface area contributed by atoms with Crippen LogP contribution in [0.3, 0.4) is 0 Å². The Labute approximate surface area is 172 Å². The molecule has 2 aromatic rings. The van der Waals surface area contributed by atoms with E-state index < -0.39 is 5.79 Å². The summed E-state index contributed by atoms with van der Waals surface area (Å²) in [4.78, 5) is 16.1. The number of rotatable bonds is 5. The fourth-order valence-electron chi connectivity index (χ4n) is 4.71. The van der Waals surface area contributed by atoms with Gasteiger partial charge in [0.15, 0.2) is 0 Å². The molecule has 2 saturated heterocycles. The van der Waals surface area contributed by atoms with Gasteiger partial charge in [0.2, 0.25) is 11.7 Å². The lowest BCUT2D eigenvalue weighted by Crippen LogP contribution is -2.49. The summed E-state index contributed by atoms with van der Waals surface area (Å²) in [5.41, 5.74) is 2.55. The molecular formula is C22H29N5O2. The lowest BCUT2D eigenvalue weighted by Gasteiger charge is -2.40. The monoisotopic (exact) mass is 395 g/mol. The average Bonchev–Trinajstić information content (AvgIpc) is 3.24. The summed E-state index contributed by atoms with van der Waals surface area (Å²) in [6.07, 6.45) is 4.78. The molecule has 3 aliphatic heterocycles. The van der Waals surface area contributed by atoms with Crippen LogP contribution in [0.1, 0.15) is 17.5 Å². The Bertz CT molecular complexity index is 804. The Kier molecular flexibility index (Phi) is 5.46. The van der Waals surface area contributed by atoms with Crippen LogP contribution in [0.25, 0.3) is 0 Å². The molecule has 0 amide bonds. The number of anilines is 1. The Balaban J connectivity index is 1.12. The van der Waals surface area contributed by atoms with Crippen molar-refractivity contribution in [3.63, 3.8) is 0 Å². The quantitative estimate of drug-likeness (QED) is 0.764. The first-order valence-electron chi connectivity index (χ1n) is 10.7. The molecule has 1 aromatic heterocycles. The SMILES string of the molecule is c1cnc(N2CCN(CCCN3Cc4ccccc4C4(C3)OCCO4)CC2)nc1. The number of piperazine rings is 1. The number of aromatic nitrogens is 2. The Morgan fingerprint density at radius 1 is 0.862 bits per heavy atom. The van der Waals surface area contributed by atoms with Crippen LogP contribution in [0.2, 0.25) is 0 Å². The van der Waals surface area contributed by atoms with Gasteiger partial charge in [-0.15, -0.1) is 0 Å². The maximum absolute atomic E-state index is 6.10. The molecule has 2 fully saturated rings. The van der Waals surface area contributed by atoms with Crippen molar-refractivity contribution in [2.75, 3.05) is 63.9 Å². The number of fused-ring (bicyclic) bond motifs is 2. The van der Waals surface area contributed by atoms with Gasteiger partial charge in [-0.3, -0.25) is 9.80 Å². The summed E-state index contributed by atoms with van der Waals surface area (Å²) >= 11 is 0. The van der Waals surface area contributed by atoms with Crippen LogP contribution in [-0.2, 0) is 21.8 Å². The highest BCUT2D eigenvalue weighted by molar-refractivity contribution is 5.34. The predicted molar refractivity (Wildman–Crippen MR) is 111 cm³/mol. The van der Waals surface area contributed by atoms with Gasteiger partial charge >= 0.3 is 0 Å². The van der Waals surface area contributed by atoms with Gasteiger partial charge in [-0.1, -0.05) is 24.3 Å². The summed E-state index contributed by atoms with van der Waals surface area (Å²) < 4.78 is 12.2. The lowest BCUT2D eigenvalue weighted by molar-refractivity contribution is -0.187. The second-order valence-corrected chi connectivity index (χ2v) is 8.05. The van der Waals surface area contributed by atoms with Gasteiger partial charge in [0, 0.05) is 50.7 Å². The van der Waals surface area contributed by atoms with E-state index >= 15 is 0 Å². The summed E-state index contributed by atoms with van der Waals surface area (Å²) in [6.45, 7) is 9.45. The highest BCUT2D eigenvalue weighted by atomic mass is 16.7. The first-order valence-corrected chi connectivity index (χ1v) is 10.7. The van der Waals surface area contributed by atoms with E-state index in [2.05, 4.69) is 48.9 Å². The summed E-state index contributed by atoms with van der Waals surface area (Å²) in [5.74, 6) is 0.289. The van der Waals surface area contributed by atoms with Crippen LogP contribution in [0.5, 0.6) is 0 Å². The van der Waals surface area contributed by atoms with Crippen LogP contribution >= 0.6 is 0 Å². The number of ether oxygens (including phenoxy) is 2. The molecule has 0 saturated carbocycles. The van der Waals surface area contributed by atoms with Crippen LogP contribution in [-0.4, -0.2) is 78.8 Å². The maximum atomic E-state index is 6.10. The van der Waals surface area contributed by atoms with Crippen LogP contribution in [0.4, 0.5) is 5.95 Å². The van der Waals surface area contributed by atoms with E-state index in [0.29, 0.717) is 13.2 Å². The standard InChI is InChI=1S/C22H29N5O2/c1-2-6-20-19(5-1)17-26(18-22(20)28-15-16-29-22)10-4-9-25-11-13-27(14-12-25)21-23-7-3-8-24-21/h1-3,5-8H,4,9-18H2. The molecule has 1 spiro atoms. The molecule has 3 aliphatic rings. The van der Waals surface area contributed by atoms with Gasteiger partial charge in [-0.05, 0) is 31.1 Å². The van der Waals surface area contributed by atoms with E-state index in [-0.39, 0.29) is 0 Å². The largest absolute Gasteiger partial charge is 0.342 e. The van der Waals surface area contributed by atoms with Crippen molar-refractivity contribution in [3.8, 4) is 0 Å². The highest BCUT2D eigenvalue weighted by Crippen LogP contribution is 2.38. The molecule has 0 radical (unpaired) electrons. The topological polar surface area (TPSA) is 54.0 Å². The van der Waals surface area contributed by atoms with Crippen LogP contribution in [0, 0.1) is 0 Å². The minimum atomic E-state index is -0.559. The van der Waals surface area contributed by atoms with Crippen molar-refractivity contribution in [3.05, 3.63) is 53.9 Å². The fraction of sp³-hybridized carbons (Fsp3) is 0.545. The molecule has 0 atom stereocenters. The normalized spacial score (nSPS) is 22.1. The van der Waals surface area contributed by atoms with Crippen molar-refractivity contribution < 1.29 is 9.47 Å². The van der Waals surface area contributed by atoms with Crippen molar-refractivity contribution >= 4 is 5.95 Å². The van der Waals surface area contributed by atoms with Gasteiger partial charge in [0.1, 0.15) is 0 Å². The smallest absolute Gasteiger partial charge is 0.225 e. The van der Waals surface area contributed by atoms with E-state index in [1.807, 2.05) is 18.5 Å². The molecular weight excluding hydrogens is 366 g/mol. The summed E-state index contributed by atoms with van der Waals surface area (Å²) in [5, 5.41) is 0. The van der Waals surface area contributed by atoms with E-state index in [1.165, 1.54) is 11.1 Å². The summed E-state index contributed by atoms with van der Waals surface area (Å²) in [6, 6.07) is 10.4. The first kappa shape index (κ1) is 18.9. The predicted octanol–water partition coefficient (Wildman–Crippen LogP) is 1.70. The van der Waals surface area contributed by atoms with Gasteiger partial charge < -0.3 is 14.4 Å². The number of benzene rings is 1. The molecule has 7 heteroatoms. The molecule has 154 valence electrons. The minimum absolute atomic E-state index is 0.559. The van der Waals surface area contributed by atoms with Gasteiger partial charge in [-0.2, -0.15) is 0 Å². The third-order valence-corrected chi connectivity index (χ3v) is 6.16. The number of hydrogen-bond acceptors (Lipinski definition) is 7. The Morgan fingerprint density at radius 2 is 1.59 bits per heavy atom. The first-order chi connectivity index (χ1) is 14.3. The molecule has 4 heterocycles. The van der Waals surface area contributed by atoms with Crippen LogP contribution < -0.4 is 4.90 Å². The number of nitrogens with zero attached hydrogens (tertiary/aromatic N) is 5. The van der Waals surface area contributed by atoms with Crippen molar-refractivity contribution in [2.24, 2.45) is 0 Å². The average molecular weight is 396 g/mol. The van der Waals surface area contributed by atoms with Gasteiger partial charge in [-0.25, -0.2) is 9.97 Å². The van der Waals surface area contributed by atoms with E-state index in [0.717, 1.165) is 64.7 Å². The maximum Gasteiger partial charge on any atom is 0.225 e. The Morgan fingerprint density at radius 3 is 2.38 bits per heavy atom. The molecule has 1 aromatic carbocycles. The van der Waals surface area contributed by atoms with Crippen molar-refractivity contribution in [1.82, 2.24) is 19.8 Å². The van der Waals surface area contributed by atoms with Crippen LogP contribution in [0.15, 0.2) is 42.7 Å². The molecule has 0 unspecified atom stereocenters. The molecule has 5 rings (SSSR count). The molecule has 0 N–H and O–H groups in total. The Hall–Kier alpha value is -2.06. The van der Waals surface area contributed by atoms with E-state index in [9.17, 15) is 0 Å². The van der Waals surface area contributed by atoms with E-state index in [1.54, 1.807) is 0 Å². The van der Waals surface area contributed by atoms with Crippen molar-refractivity contribution in [2.45, 2.75) is 18.8 Å². The zero-order valence-corrected chi connectivity index (χ0v) is 16.9. The highest BCUT2D eigenvalue weighted by Gasteiger charge is 2.44. The molecule has 0 aliphatic carbocycles. The number of hydrogen-bond donors (Lipinski definition) is 0. The lowest BCUT2D eigenvalue weighted by atomic mass is 9.94. The van der Waals surface area contributed by atoms with Gasteiger partial charge in [0.05, 0.1) is 19.8 Å². The second-order valence-electron chi connectivity index (χ2n) is 8.05. The zero-order valence-electron chi connectivity index (χ0n) is 16.9. The summed E-state index contributed by atoms with van der Waals surface area (Å²) in [7, 11) is 0.